The highest BCUT2D eigenvalue weighted by molar-refractivity contribution is 5.82. The second-order valence-electron chi connectivity index (χ2n) is 2.86. The highest BCUT2D eigenvalue weighted by Gasteiger charge is 2.34. The first-order valence-corrected chi connectivity index (χ1v) is 4.13. The predicted molar refractivity (Wildman–Crippen MR) is 47.6 cm³/mol. The Hall–Kier alpha value is -1.79. The summed E-state index contributed by atoms with van der Waals surface area (Å²) in [5, 5.41) is 0. The van der Waals surface area contributed by atoms with E-state index < -0.39 is 12.1 Å². The summed E-state index contributed by atoms with van der Waals surface area (Å²) >= 11 is 0. The lowest BCUT2D eigenvalue weighted by Crippen LogP contribution is -2.19. The van der Waals surface area contributed by atoms with E-state index in [0.717, 1.165) is 7.11 Å². The topological polar surface area (TPSA) is 48.4 Å². The second-order valence-corrected chi connectivity index (χ2v) is 2.86. The molecule has 0 amide bonds. The van der Waals surface area contributed by atoms with Crippen molar-refractivity contribution in [1.82, 2.24) is 4.98 Å². The monoisotopic (exact) mass is 235 g/mol. The molecule has 0 spiro atoms. The molecule has 16 heavy (non-hydrogen) atoms. The van der Waals surface area contributed by atoms with Gasteiger partial charge in [-0.05, 0) is 12.5 Å². The van der Waals surface area contributed by atoms with E-state index in [1.54, 1.807) is 0 Å². The molecule has 0 fully saturated rings. The fourth-order valence-corrected chi connectivity index (χ4v) is 1.08. The third kappa shape index (κ3) is 2.62. The minimum Gasteiger partial charge on any atom is -0.478 e. The molecule has 0 aliphatic rings. The van der Waals surface area contributed by atoms with E-state index in [2.05, 4.69) is 14.5 Å². The number of alkyl halides is 3. The Morgan fingerprint density at radius 3 is 2.50 bits per heavy atom. The Labute approximate surface area is 89.0 Å². The smallest absolute Gasteiger partial charge is 0.478 e. The molecule has 88 valence electrons. The number of hydrogen-bond acceptors (Lipinski definition) is 4. The quantitative estimate of drug-likeness (QED) is 0.753. The van der Waals surface area contributed by atoms with Crippen LogP contribution in [0.15, 0.2) is 6.20 Å². The van der Waals surface area contributed by atoms with Crippen molar-refractivity contribution in [2.24, 2.45) is 0 Å². The number of carbonyl (C=O) groups is 1. The number of hydrogen-bond donors (Lipinski definition) is 0. The number of rotatable bonds is 3. The van der Waals surface area contributed by atoms with Gasteiger partial charge >= 0.3 is 6.36 Å². The standard InChI is InChI=1S/C9H8F3NO3/c1-5-3-13-8(15-2)7(6(5)4-14)16-9(10,11)12/h3-4H,1-2H3. The maximum Gasteiger partial charge on any atom is 0.573 e. The molecule has 0 aromatic carbocycles. The number of aryl methyl sites for hydroxylation is 1. The molecule has 0 bridgehead atoms. The van der Waals surface area contributed by atoms with Gasteiger partial charge in [0.25, 0.3) is 5.88 Å². The fraction of sp³-hybridized carbons (Fsp3) is 0.333. The van der Waals surface area contributed by atoms with Gasteiger partial charge in [-0.25, -0.2) is 4.98 Å². The molecule has 1 aromatic heterocycles. The molecule has 0 atom stereocenters. The molecule has 1 aromatic rings. The SMILES string of the molecule is COc1ncc(C)c(C=O)c1OC(F)(F)F. The van der Waals surface area contributed by atoms with Gasteiger partial charge in [-0.15, -0.1) is 13.2 Å². The molecular formula is C9H8F3NO3. The van der Waals surface area contributed by atoms with Crippen LogP contribution in [-0.2, 0) is 0 Å². The van der Waals surface area contributed by atoms with Crippen LogP contribution >= 0.6 is 0 Å². The number of ether oxygens (including phenoxy) is 2. The number of carbonyl (C=O) groups excluding carboxylic acids is 1. The van der Waals surface area contributed by atoms with E-state index in [1.807, 2.05) is 0 Å². The molecule has 1 heterocycles. The Balaban J connectivity index is 3.31. The molecule has 4 nitrogen and oxygen atoms in total. The summed E-state index contributed by atoms with van der Waals surface area (Å²) in [6.45, 7) is 1.44. The maximum absolute atomic E-state index is 12.1. The van der Waals surface area contributed by atoms with Crippen molar-refractivity contribution < 1.29 is 27.4 Å². The van der Waals surface area contributed by atoms with Crippen LogP contribution < -0.4 is 9.47 Å². The van der Waals surface area contributed by atoms with Crippen LogP contribution in [0.2, 0.25) is 0 Å². The van der Waals surface area contributed by atoms with Crippen molar-refractivity contribution in [3.8, 4) is 11.6 Å². The van der Waals surface area contributed by atoms with Gasteiger partial charge in [0, 0.05) is 6.20 Å². The van der Waals surface area contributed by atoms with Crippen molar-refractivity contribution >= 4 is 6.29 Å². The first kappa shape index (κ1) is 12.3. The zero-order valence-corrected chi connectivity index (χ0v) is 8.46. The highest BCUT2D eigenvalue weighted by atomic mass is 19.4. The Morgan fingerprint density at radius 1 is 1.44 bits per heavy atom. The van der Waals surface area contributed by atoms with Crippen LogP contribution in [0.1, 0.15) is 15.9 Å². The lowest BCUT2D eigenvalue weighted by atomic mass is 10.1. The highest BCUT2D eigenvalue weighted by Crippen LogP contribution is 2.34. The summed E-state index contributed by atoms with van der Waals surface area (Å²) in [5.41, 5.74) is 0.0409. The zero-order valence-electron chi connectivity index (χ0n) is 8.46. The summed E-state index contributed by atoms with van der Waals surface area (Å²) < 4.78 is 44.6. The molecule has 0 N–H and O–H groups in total. The molecule has 1 rings (SSSR count). The molecule has 0 saturated carbocycles. The van der Waals surface area contributed by atoms with Gasteiger partial charge in [0.1, 0.15) is 0 Å². The van der Waals surface area contributed by atoms with E-state index in [-0.39, 0.29) is 23.3 Å². The Bertz CT molecular complexity index is 404. The zero-order chi connectivity index (χ0) is 12.3. The van der Waals surface area contributed by atoms with Crippen LogP contribution in [-0.4, -0.2) is 24.7 Å². The van der Waals surface area contributed by atoms with Gasteiger partial charge in [-0.2, -0.15) is 0 Å². The second kappa shape index (κ2) is 4.38. The molecule has 7 heteroatoms. The fourth-order valence-electron chi connectivity index (χ4n) is 1.08. The van der Waals surface area contributed by atoms with Crippen LogP contribution in [0, 0.1) is 6.92 Å². The minimum absolute atomic E-state index is 0.232. The lowest BCUT2D eigenvalue weighted by molar-refractivity contribution is -0.275. The largest absolute Gasteiger partial charge is 0.573 e. The van der Waals surface area contributed by atoms with Crippen LogP contribution in [0.5, 0.6) is 11.6 Å². The summed E-state index contributed by atoms with van der Waals surface area (Å²) in [4.78, 5) is 14.3. The number of aromatic nitrogens is 1. The molecule has 0 aliphatic carbocycles. The number of nitrogens with zero attached hydrogens (tertiary/aromatic N) is 1. The molecule has 0 saturated heterocycles. The first-order valence-electron chi connectivity index (χ1n) is 4.13. The summed E-state index contributed by atoms with van der Waals surface area (Å²) in [6, 6.07) is 0. The summed E-state index contributed by atoms with van der Waals surface area (Å²) in [5.74, 6) is -1.10. The number of halogens is 3. The normalized spacial score (nSPS) is 11.1. The lowest BCUT2D eigenvalue weighted by Gasteiger charge is -2.14. The van der Waals surface area contributed by atoms with Crippen LogP contribution in [0.4, 0.5) is 13.2 Å². The summed E-state index contributed by atoms with van der Waals surface area (Å²) in [6.07, 6.45) is -3.41. The Morgan fingerprint density at radius 2 is 2.06 bits per heavy atom. The van der Waals surface area contributed by atoms with Crippen molar-refractivity contribution in [3.63, 3.8) is 0 Å². The van der Waals surface area contributed by atoms with Gasteiger partial charge in [-0.3, -0.25) is 4.79 Å². The average Bonchev–Trinajstić information content (AvgIpc) is 2.16. The molecule has 0 radical (unpaired) electrons. The minimum atomic E-state index is -4.90. The van der Waals surface area contributed by atoms with Crippen molar-refractivity contribution in [1.29, 1.82) is 0 Å². The van der Waals surface area contributed by atoms with Crippen molar-refractivity contribution in [2.75, 3.05) is 7.11 Å². The summed E-state index contributed by atoms with van der Waals surface area (Å²) in [7, 11) is 1.13. The molecule has 0 unspecified atom stereocenters. The number of aldehydes is 1. The van der Waals surface area contributed by atoms with Crippen molar-refractivity contribution in [2.45, 2.75) is 13.3 Å². The third-order valence-electron chi connectivity index (χ3n) is 1.77. The van der Waals surface area contributed by atoms with Gasteiger partial charge in [0.05, 0.1) is 12.7 Å². The first-order chi connectivity index (χ1) is 7.39. The molecule has 0 aliphatic heterocycles. The van der Waals surface area contributed by atoms with E-state index in [1.165, 1.54) is 13.1 Å². The third-order valence-corrected chi connectivity index (χ3v) is 1.77. The van der Waals surface area contributed by atoms with Gasteiger partial charge in [0.15, 0.2) is 6.29 Å². The van der Waals surface area contributed by atoms with E-state index >= 15 is 0 Å². The average molecular weight is 235 g/mol. The number of pyridine rings is 1. The predicted octanol–water partition coefficient (Wildman–Crippen LogP) is 2.11. The van der Waals surface area contributed by atoms with Crippen molar-refractivity contribution in [3.05, 3.63) is 17.3 Å². The van der Waals surface area contributed by atoms with Crippen LogP contribution in [0.25, 0.3) is 0 Å². The van der Waals surface area contributed by atoms with E-state index in [9.17, 15) is 18.0 Å². The van der Waals surface area contributed by atoms with Gasteiger partial charge < -0.3 is 9.47 Å². The number of methoxy groups -OCH3 is 1. The Kier molecular flexibility index (Phi) is 3.36. The van der Waals surface area contributed by atoms with E-state index in [4.69, 9.17) is 0 Å². The van der Waals surface area contributed by atoms with Gasteiger partial charge in [0.2, 0.25) is 5.75 Å². The van der Waals surface area contributed by atoms with E-state index in [0.29, 0.717) is 0 Å². The van der Waals surface area contributed by atoms with Crippen LogP contribution in [0.3, 0.4) is 0 Å². The van der Waals surface area contributed by atoms with Gasteiger partial charge in [-0.1, -0.05) is 0 Å². The molecular weight excluding hydrogens is 227 g/mol. The maximum atomic E-state index is 12.1.